The summed E-state index contributed by atoms with van der Waals surface area (Å²) in [5, 5.41) is 21.2. The number of aliphatic hydroxyl groups is 1. The van der Waals surface area contributed by atoms with Crippen molar-refractivity contribution in [1.82, 2.24) is 9.97 Å². The fourth-order valence-corrected chi connectivity index (χ4v) is 4.49. The van der Waals surface area contributed by atoms with Crippen LogP contribution in [0.5, 0.6) is 11.5 Å². The highest BCUT2D eigenvalue weighted by Gasteiger charge is 2.45. The highest BCUT2D eigenvalue weighted by atomic mass is 16.5. The number of H-pyrrole nitrogens is 1. The Kier molecular flexibility index (Phi) is 6.16. The maximum absolute atomic E-state index is 13.5. The summed E-state index contributed by atoms with van der Waals surface area (Å²) in [5.74, 6) is -1.33. The van der Waals surface area contributed by atoms with Gasteiger partial charge >= 0.3 is 0 Å². The second kappa shape index (κ2) is 9.58. The molecule has 1 amide bonds. The Morgan fingerprint density at radius 2 is 1.81 bits per heavy atom. The summed E-state index contributed by atoms with van der Waals surface area (Å²) in [6.07, 6.45) is 0.569. The average molecular weight is 484 g/mol. The van der Waals surface area contributed by atoms with E-state index in [9.17, 15) is 19.8 Å². The van der Waals surface area contributed by atoms with Crippen LogP contribution < -0.4 is 9.64 Å². The number of benzene rings is 3. The maximum Gasteiger partial charge on any atom is 0.296 e. The Hall–Kier alpha value is -4.59. The van der Waals surface area contributed by atoms with E-state index in [0.29, 0.717) is 29.6 Å². The largest absolute Gasteiger partial charge is 0.504 e. The second-order valence-electron chi connectivity index (χ2n) is 8.49. The number of fused-ring (bicyclic) bond motifs is 1. The van der Waals surface area contributed by atoms with Crippen molar-refractivity contribution in [1.29, 1.82) is 0 Å². The van der Waals surface area contributed by atoms with Crippen molar-refractivity contribution in [3.05, 3.63) is 95.3 Å². The molecule has 1 unspecified atom stereocenters. The summed E-state index contributed by atoms with van der Waals surface area (Å²) in [6.45, 7) is 2.11. The highest BCUT2D eigenvalue weighted by Crippen LogP contribution is 2.43. The summed E-state index contributed by atoms with van der Waals surface area (Å²) >= 11 is 0. The van der Waals surface area contributed by atoms with Gasteiger partial charge in [0, 0.05) is 6.42 Å². The van der Waals surface area contributed by atoms with Crippen LogP contribution in [0.1, 0.15) is 30.5 Å². The molecule has 1 aliphatic heterocycles. The van der Waals surface area contributed by atoms with Crippen molar-refractivity contribution >= 4 is 28.7 Å². The van der Waals surface area contributed by atoms with E-state index in [2.05, 4.69) is 9.97 Å². The molecule has 0 saturated carbocycles. The molecular weight excluding hydrogens is 458 g/mol. The molecule has 2 heterocycles. The van der Waals surface area contributed by atoms with Gasteiger partial charge in [-0.25, -0.2) is 4.98 Å². The van der Waals surface area contributed by atoms with Gasteiger partial charge in [-0.1, -0.05) is 48.5 Å². The lowest BCUT2D eigenvalue weighted by atomic mass is 9.93. The number of aryl methyl sites for hydroxylation is 1. The van der Waals surface area contributed by atoms with E-state index in [1.165, 1.54) is 11.0 Å². The van der Waals surface area contributed by atoms with Crippen LogP contribution in [0.2, 0.25) is 0 Å². The number of para-hydroxylation sites is 2. The maximum atomic E-state index is 13.5. The number of ketones is 1. The number of phenols is 1. The summed E-state index contributed by atoms with van der Waals surface area (Å²) in [5.41, 5.74) is 2.82. The molecular formula is C28H25N3O5. The third kappa shape index (κ3) is 4.17. The molecule has 0 spiro atoms. The molecule has 182 valence electrons. The number of aromatic nitrogens is 2. The van der Waals surface area contributed by atoms with E-state index in [-0.39, 0.29) is 35.2 Å². The van der Waals surface area contributed by atoms with E-state index in [1.807, 2.05) is 48.5 Å². The quantitative estimate of drug-likeness (QED) is 0.333. The molecule has 4 aromatic rings. The number of ether oxygens (including phenoxy) is 1. The number of anilines is 1. The summed E-state index contributed by atoms with van der Waals surface area (Å²) in [6, 6.07) is 20.5. The highest BCUT2D eigenvalue weighted by molar-refractivity contribution is 6.16. The van der Waals surface area contributed by atoms with Gasteiger partial charge in [0.15, 0.2) is 23.0 Å². The van der Waals surface area contributed by atoms with E-state index in [4.69, 9.17) is 4.74 Å². The van der Waals surface area contributed by atoms with Crippen LogP contribution in [0.25, 0.3) is 11.0 Å². The Bertz CT molecular complexity index is 1440. The summed E-state index contributed by atoms with van der Waals surface area (Å²) in [7, 11) is 0. The number of amides is 1. The lowest BCUT2D eigenvalue weighted by Crippen LogP contribution is -2.32. The second-order valence-corrected chi connectivity index (χ2v) is 8.49. The predicted molar refractivity (Wildman–Crippen MR) is 135 cm³/mol. The van der Waals surface area contributed by atoms with Gasteiger partial charge < -0.3 is 19.9 Å². The first-order valence-corrected chi connectivity index (χ1v) is 11.7. The smallest absolute Gasteiger partial charge is 0.296 e. The lowest BCUT2D eigenvalue weighted by Gasteiger charge is -2.25. The minimum absolute atomic E-state index is 0.00970. The average Bonchev–Trinajstić information content (AvgIpc) is 3.43. The summed E-state index contributed by atoms with van der Waals surface area (Å²) < 4.78 is 5.54. The first kappa shape index (κ1) is 23.2. The normalized spacial score (nSPS) is 15.6. The molecule has 0 saturated heterocycles. The van der Waals surface area contributed by atoms with Gasteiger partial charge in [-0.05, 0) is 48.7 Å². The Morgan fingerprint density at radius 3 is 2.56 bits per heavy atom. The number of nitrogens with zero attached hydrogens (tertiary/aromatic N) is 2. The molecule has 5 rings (SSSR count). The number of Topliss-reactive ketones (excluding diaryl/α,β-unsaturated/α-hetero) is 1. The standard InChI is InChI=1S/C28H25N3O5/c1-2-36-23-16-18(13-15-21(23)32)25-24(22(33)14-12-17-8-4-3-5-9-17)26(34)27(35)31(25)28-29-19-10-6-7-11-20(19)30-28/h3-11,13,15-16,25,32,34H,2,12,14H2,1H3,(H,29,30). The van der Waals surface area contributed by atoms with Crippen LogP contribution in [0.3, 0.4) is 0 Å². The number of hydrogen-bond donors (Lipinski definition) is 3. The minimum Gasteiger partial charge on any atom is -0.504 e. The third-order valence-electron chi connectivity index (χ3n) is 6.20. The van der Waals surface area contributed by atoms with E-state index in [0.717, 1.165) is 5.56 Å². The van der Waals surface area contributed by atoms with Crippen molar-refractivity contribution in [3.63, 3.8) is 0 Å². The number of aromatic amines is 1. The van der Waals surface area contributed by atoms with Gasteiger partial charge in [0.2, 0.25) is 5.95 Å². The van der Waals surface area contributed by atoms with E-state index in [1.54, 1.807) is 25.1 Å². The number of nitrogens with one attached hydrogen (secondary N) is 1. The van der Waals surface area contributed by atoms with Crippen LogP contribution >= 0.6 is 0 Å². The molecule has 36 heavy (non-hydrogen) atoms. The summed E-state index contributed by atoms with van der Waals surface area (Å²) in [4.78, 5) is 35.8. The number of hydrogen-bond acceptors (Lipinski definition) is 6. The molecule has 0 fully saturated rings. The Morgan fingerprint density at radius 1 is 1.06 bits per heavy atom. The van der Waals surface area contributed by atoms with Crippen LogP contribution in [-0.4, -0.2) is 38.5 Å². The number of carbonyl (C=O) groups is 2. The van der Waals surface area contributed by atoms with Crippen LogP contribution in [0, 0.1) is 0 Å². The SMILES string of the molecule is CCOc1cc(C2C(C(=O)CCc3ccccc3)=C(O)C(=O)N2c2nc3ccccc3[nH]2)ccc1O. The molecule has 8 heteroatoms. The zero-order valence-electron chi connectivity index (χ0n) is 19.6. The first-order chi connectivity index (χ1) is 17.5. The fourth-order valence-electron chi connectivity index (χ4n) is 4.49. The van der Waals surface area contributed by atoms with Gasteiger partial charge in [-0.3, -0.25) is 14.5 Å². The predicted octanol–water partition coefficient (Wildman–Crippen LogP) is 4.77. The van der Waals surface area contributed by atoms with E-state index < -0.39 is 17.7 Å². The van der Waals surface area contributed by atoms with Crippen molar-refractivity contribution < 1.29 is 24.5 Å². The fraction of sp³-hybridized carbons (Fsp3) is 0.179. The number of aliphatic hydroxyl groups excluding tert-OH is 1. The number of carbonyl (C=O) groups excluding carboxylic acids is 2. The molecule has 3 aromatic carbocycles. The molecule has 0 radical (unpaired) electrons. The van der Waals surface area contributed by atoms with Crippen LogP contribution in [0.4, 0.5) is 5.95 Å². The number of rotatable bonds is 8. The van der Waals surface area contributed by atoms with Gasteiger partial charge in [0.1, 0.15) is 0 Å². The van der Waals surface area contributed by atoms with Gasteiger partial charge in [-0.2, -0.15) is 0 Å². The molecule has 0 aliphatic carbocycles. The number of imidazole rings is 1. The zero-order chi connectivity index (χ0) is 25.2. The van der Waals surface area contributed by atoms with Gasteiger partial charge in [-0.15, -0.1) is 0 Å². The van der Waals surface area contributed by atoms with Crippen molar-refractivity contribution in [2.75, 3.05) is 11.5 Å². The molecule has 1 aromatic heterocycles. The first-order valence-electron chi connectivity index (χ1n) is 11.7. The Balaban J connectivity index is 1.58. The topological polar surface area (TPSA) is 116 Å². The van der Waals surface area contributed by atoms with Gasteiger partial charge in [0.05, 0.1) is 29.3 Å². The molecule has 1 atom stereocenters. The third-order valence-corrected chi connectivity index (χ3v) is 6.20. The van der Waals surface area contributed by atoms with E-state index >= 15 is 0 Å². The van der Waals surface area contributed by atoms with Crippen LogP contribution in [-0.2, 0) is 16.0 Å². The number of aromatic hydroxyl groups is 1. The van der Waals surface area contributed by atoms with Gasteiger partial charge in [0.25, 0.3) is 5.91 Å². The minimum atomic E-state index is -0.957. The van der Waals surface area contributed by atoms with Crippen LogP contribution in [0.15, 0.2) is 84.1 Å². The van der Waals surface area contributed by atoms with Crippen molar-refractivity contribution in [2.45, 2.75) is 25.8 Å². The molecule has 8 nitrogen and oxygen atoms in total. The molecule has 1 aliphatic rings. The lowest BCUT2D eigenvalue weighted by molar-refractivity contribution is -0.118. The molecule has 3 N–H and O–H groups in total. The Labute approximate surface area is 207 Å². The van der Waals surface area contributed by atoms with Crippen molar-refractivity contribution in [3.8, 4) is 11.5 Å². The molecule has 0 bridgehead atoms. The van der Waals surface area contributed by atoms with Crippen molar-refractivity contribution in [2.24, 2.45) is 0 Å². The monoisotopic (exact) mass is 483 g/mol. The zero-order valence-corrected chi connectivity index (χ0v) is 19.6. The number of phenolic OH excluding ortho intramolecular Hbond substituents is 1.